The van der Waals surface area contributed by atoms with Gasteiger partial charge in [-0.25, -0.2) is 9.97 Å². The zero-order valence-corrected chi connectivity index (χ0v) is 14.3. The fraction of sp³-hybridized carbons (Fsp3) is 0.474. The van der Waals surface area contributed by atoms with Crippen LogP contribution >= 0.6 is 0 Å². The number of nitrogens with zero attached hydrogens (tertiary/aromatic N) is 3. The molecule has 1 saturated heterocycles. The lowest BCUT2D eigenvalue weighted by Gasteiger charge is -2.24. The molecule has 134 valence electrons. The normalized spacial score (nSPS) is 17.0. The Morgan fingerprint density at radius 2 is 1.92 bits per heavy atom. The van der Waals surface area contributed by atoms with E-state index in [4.69, 9.17) is 0 Å². The van der Waals surface area contributed by atoms with Crippen LogP contribution in [0.15, 0.2) is 36.5 Å². The molecule has 2 aromatic rings. The first kappa shape index (κ1) is 17.9. The van der Waals surface area contributed by atoms with Crippen molar-refractivity contribution in [2.75, 3.05) is 13.1 Å². The van der Waals surface area contributed by atoms with Crippen molar-refractivity contribution in [1.82, 2.24) is 14.9 Å². The molecule has 1 atom stereocenters. The number of aromatic nitrogens is 2. The Labute approximate surface area is 145 Å². The lowest BCUT2D eigenvalue weighted by atomic mass is 10.0. The first-order valence-corrected chi connectivity index (χ1v) is 8.65. The average Bonchev–Trinajstić information content (AvgIpc) is 3.14. The van der Waals surface area contributed by atoms with E-state index in [0.717, 1.165) is 18.7 Å². The maximum atomic E-state index is 12.4. The van der Waals surface area contributed by atoms with Gasteiger partial charge in [0.1, 0.15) is 0 Å². The Balaban J connectivity index is 1.78. The third-order valence-electron chi connectivity index (χ3n) is 4.69. The van der Waals surface area contributed by atoms with E-state index in [1.54, 1.807) is 6.07 Å². The van der Waals surface area contributed by atoms with E-state index in [9.17, 15) is 13.2 Å². The summed E-state index contributed by atoms with van der Waals surface area (Å²) in [5.74, 6) is 0.482. The molecule has 1 aliphatic rings. The summed E-state index contributed by atoms with van der Waals surface area (Å²) in [6.45, 7) is 4.40. The molecule has 25 heavy (non-hydrogen) atoms. The van der Waals surface area contributed by atoms with Gasteiger partial charge in [-0.15, -0.1) is 0 Å². The third kappa shape index (κ3) is 4.78. The maximum Gasteiger partial charge on any atom is 0.389 e. The minimum atomic E-state index is -4.17. The van der Waals surface area contributed by atoms with E-state index >= 15 is 0 Å². The molecule has 6 heteroatoms. The van der Waals surface area contributed by atoms with Gasteiger partial charge in [-0.3, -0.25) is 4.90 Å². The van der Waals surface area contributed by atoms with Gasteiger partial charge in [-0.05, 0) is 57.0 Å². The van der Waals surface area contributed by atoms with E-state index < -0.39 is 12.6 Å². The van der Waals surface area contributed by atoms with Gasteiger partial charge in [0, 0.05) is 29.9 Å². The molecule has 0 N–H and O–H groups in total. The van der Waals surface area contributed by atoms with E-state index in [2.05, 4.69) is 27.9 Å². The summed E-state index contributed by atoms with van der Waals surface area (Å²) in [6, 6.07) is 9.86. The molecule has 3 rings (SSSR count). The fourth-order valence-electron chi connectivity index (χ4n) is 3.22. The number of rotatable bonds is 5. The summed E-state index contributed by atoms with van der Waals surface area (Å²) in [7, 11) is 0. The van der Waals surface area contributed by atoms with Crippen LogP contribution in [0.5, 0.6) is 0 Å². The molecule has 0 spiro atoms. The molecule has 0 radical (unpaired) electrons. The number of halogens is 3. The highest BCUT2D eigenvalue weighted by Crippen LogP contribution is 2.27. The SMILES string of the molecule is C[C@@H](c1cccc(-c2nccc(CCC(F)(F)F)n2)c1)N1CCCC1. The van der Waals surface area contributed by atoms with Crippen molar-refractivity contribution in [3.63, 3.8) is 0 Å². The molecule has 0 amide bonds. The second-order valence-electron chi connectivity index (χ2n) is 6.53. The van der Waals surface area contributed by atoms with Crippen molar-refractivity contribution in [2.24, 2.45) is 0 Å². The van der Waals surface area contributed by atoms with Gasteiger partial charge < -0.3 is 0 Å². The van der Waals surface area contributed by atoms with Crippen LogP contribution in [-0.4, -0.2) is 34.1 Å². The van der Waals surface area contributed by atoms with Crippen molar-refractivity contribution < 1.29 is 13.2 Å². The standard InChI is InChI=1S/C19H22F3N3/c1-14(25-11-2-3-12-25)15-5-4-6-16(13-15)18-23-10-8-17(24-18)7-9-19(20,21)22/h4-6,8,10,13-14H,2-3,7,9,11-12H2,1H3/t14-/m0/s1. The first-order valence-electron chi connectivity index (χ1n) is 8.65. The van der Waals surface area contributed by atoms with Crippen molar-refractivity contribution in [3.05, 3.63) is 47.8 Å². The summed E-state index contributed by atoms with van der Waals surface area (Å²) < 4.78 is 37.2. The summed E-state index contributed by atoms with van der Waals surface area (Å²) in [4.78, 5) is 11.0. The average molecular weight is 349 g/mol. The van der Waals surface area contributed by atoms with Gasteiger partial charge in [0.05, 0.1) is 0 Å². The van der Waals surface area contributed by atoms with Crippen molar-refractivity contribution in [2.45, 2.75) is 44.8 Å². The smallest absolute Gasteiger partial charge is 0.297 e. The van der Waals surface area contributed by atoms with Gasteiger partial charge in [0.2, 0.25) is 0 Å². The second-order valence-corrected chi connectivity index (χ2v) is 6.53. The zero-order chi connectivity index (χ0) is 17.9. The summed E-state index contributed by atoms with van der Waals surface area (Å²) in [5.41, 5.74) is 2.45. The van der Waals surface area contributed by atoms with Crippen molar-refractivity contribution >= 4 is 0 Å². The second kappa shape index (κ2) is 7.52. The largest absolute Gasteiger partial charge is 0.389 e. The molecule has 0 bridgehead atoms. The van der Waals surface area contributed by atoms with Crippen LogP contribution < -0.4 is 0 Å². The number of benzene rings is 1. The van der Waals surface area contributed by atoms with Crippen LogP contribution in [0.3, 0.4) is 0 Å². The molecule has 1 aromatic carbocycles. The molecule has 3 nitrogen and oxygen atoms in total. The molecule has 1 fully saturated rings. The lowest BCUT2D eigenvalue weighted by Crippen LogP contribution is -2.23. The number of hydrogen-bond acceptors (Lipinski definition) is 3. The molecule has 1 aliphatic heterocycles. The lowest BCUT2D eigenvalue weighted by molar-refractivity contribution is -0.134. The summed E-state index contributed by atoms with van der Waals surface area (Å²) >= 11 is 0. The van der Waals surface area contributed by atoms with Gasteiger partial charge in [-0.1, -0.05) is 18.2 Å². The van der Waals surface area contributed by atoms with Gasteiger partial charge in [0.15, 0.2) is 5.82 Å². The number of hydrogen-bond donors (Lipinski definition) is 0. The fourth-order valence-corrected chi connectivity index (χ4v) is 3.22. The number of aryl methyl sites for hydroxylation is 1. The minimum absolute atomic E-state index is 0.122. The molecule has 0 aliphatic carbocycles. The Kier molecular flexibility index (Phi) is 5.37. The van der Waals surface area contributed by atoms with Crippen molar-refractivity contribution in [1.29, 1.82) is 0 Å². The van der Waals surface area contributed by atoms with Crippen LogP contribution in [0.2, 0.25) is 0 Å². The number of alkyl halides is 3. The van der Waals surface area contributed by atoms with Gasteiger partial charge in [0.25, 0.3) is 0 Å². The highest BCUT2D eigenvalue weighted by atomic mass is 19.4. The molecule has 0 saturated carbocycles. The highest BCUT2D eigenvalue weighted by molar-refractivity contribution is 5.56. The monoisotopic (exact) mass is 349 g/mol. The Morgan fingerprint density at radius 1 is 1.16 bits per heavy atom. The Morgan fingerprint density at radius 3 is 2.64 bits per heavy atom. The Hall–Kier alpha value is -1.95. The predicted molar refractivity (Wildman–Crippen MR) is 91.1 cm³/mol. The molecule has 2 heterocycles. The van der Waals surface area contributed by atoms with Crippen LogP contribution in [-0.2, 0) is 6.42 Å². The highest BCUT2D eigenvalue weighted by Gasteiger charge is 2.26. The maximum absolute atomic E-state index is 12.4. The zero-order valence-electron chi connectivity index (χ0n) is 14.3. The Bertz CT molecular complexity index is 709. The molecule has 1 aromatic heterocycles. The summed E-state index contributed by atoms with van der Waals surface area (Å²) in [6.07, 6.45) is -1.16. The van der Waals surface area contributed by atoms with Crippen LogP contribution in [0.4, 0.5) is 13.2 Å². The van der Waals surface area contributed by atoms with Crippen molar-refractivity contribution in [3.8, 4) is 11.4 Å². The summed E-state index contributed by atoms with van der Waals surface area (Å²) in [5, 5.41) is 0. The minimum Gasteiger partial charge on any atom is -0.297 e. The topological polar surface area (TPSA) is 29.0 Å². The van der Waals surface area contributed by atoms with Gasteiger partial charge in [-0.2, -0.15) is 13.2 Å². The van der Waals surface area contributed by atoms with E-state index in [1.165, 1.54) is 24.6 Å². The van der Waals surface area contributed by atoms with Crippen LogP contribution in [0, 0.1) is 0 Å². The van der Waals surface area contributed by atoms with Gasteiger partial charge >= 0.3 is 6.18 Å². The molecular formula is C19H22F3N3. The first-order chi connectivity index (χ1) is 11.9. The molecule has 0 unspecified atom stereocenters. The van der Waals surface area contributed by atoms with E-state index in [-0.39, 0.29) is 6.42 Å². The number of likely N-dealkylation sites (tertiary alicyclic amines) is 1. The van der Waals surface area contributed by atoms with E-state index in [1.807, 2.05) is 18.2 Å². The third-order valence-corrected chi connectivity index (χ3v) is 4.69. The van der Waals surface area contributed by atoms with E-state index in [0.29, 0.717) is 17.6 Å². The quantitative estimate of drug-likeness (QED) is 0.777. The van der Waals surface area contributed by atoms with Crippen LogP contribution in [0.25, 0.3) is 11.4 Å². The molecular weight excluding hydrogens is 327 g/mol. The predicted octanol–water partition coefficient (Wildman–Crippen LogP) is 4.80. The van der Waals surface area contributed by atoms with Crippen LogP contribution in [0.1, 0.15) is 43.5 Å².